The Balaban J connectivity index is 1.70. The number of nitrogens with zero attached hydrogens (tertiary/aromatic N) is 3. The van der Waals surface area contributed by atoms with Crippen molar-refractivity contribution in [3.05, 3.63) is 41.7 Å². The van der Waals surface area contributed by atoms with Gasteiger partial charge in [0.2, 0.25) is 5.91 Å². The number of likely N-dealkylation sites (tertiary alicyclic amines) is 1. The van der Waals surface area contributed by atoms with Gasteiger partial charge in [0.15, 0.2) is 5.13 Å². The molecule has 0 saturated carbocycles. The van der Waals surface area contributed by atoms with Gasteiger partial charge in [-0.1, -0.05) is 0 Å². The molecule has 1 saturated heterocycles. The first-order valence-corrected chi connectivity index (χ1v) is 8.44. The zero-order chi connectivity index (χ0) is 17.1. The molecule has 126 valence electrons. The van der Waals surface area contributed by atoms with E-state index >= 15 is 0 Å². The summed E-state index contributed by atoms with van der Waals surface area (Å²) in [6.45, 7) is 0.514. The Labute approximate surface area is 142 Å². The minimum absolute atomic E-state index is 0.233. The van der Waals surface area contributed by atoms with Crippen LogP contribution in [0.4, 0.5) is 20.0 Å². The fourth-order valence-corrected chi connectivity index (χ4v) is 3.24. The van der Waals surface area contributed by atoms with Crippen LogP contribution in [-0.4, -0.2) is 41.5 Å². The molecule has 6 nitrogen and oxygen atoms in total. The number of anilines is 2. The van der Waals surface area contributed by atoms with Gasteiger partial charge in [-0.3, -0.25) is 9.69 Å². The number of amides is 3. The van der Waals surface area contributed by atoms with E-state index in [1.807, 2.05) is 0 Å². The van der Waals surface area contributed by atoms with Crippen molar-refractivity contribution in [3.63, 3.8) is 0 Å². The summed E-state index contributed by atoms with van der Waals surface area (Å²) in [7, 11) is 1.61. The standard InChI is InChI=1S/C16H17FN4O2S/c1-20(12-6-4-11(17)5-7-12)16(23)21-9-2-3-13(21)14(22)19-15-18-8-10-24-15/h4-8,10,13H,2-3,9H2,1H3,(H,18,19,22)/t13-/m1/s1. The number of nitrogens with one attached hydrogen (secondary N) is 1. The van der Waals surface area contributed by atoms with Crippen LogP contribution in [0.3, 0.4) is 0 Å². The van der Waals surface area contributed by atoms with Crippen LogP contribution in [0, 0.1) is 5.82 Å². The first-order valence-electron chi connectivity index (χ1n) is 7.56. The summed E-state index contributed by atoms with van der Waals surface area (Å²) in [5, 5.41) is 5.03. The average molecular weight is 348 g/mol. The Morgan fingerprint density at radius 3 is 2.79 bits per heavy atom. The number of carbonyl (C=O) groups excluding carboxylic acids is 2. The molecule has 3 rings (SSSR count). The Morgan fingerprint density at radius 2 is 2.12 bits per heavy atom. The summed E-state index contributed by atoms with van der Waals surface area (Å²) in [5.74, 6) is -0.593. The van der Waals surface area contributed by atoms with E-state index in [2.05, 4.69) is 10.3 Å². The molecule has 0 bridgehead atoms. The van der Waals surface area contributed by atoms with Gasteiger partial charge >= 0.3 is 6.03 Å². The van der Waals surface area contributed by atoms with Crippen molar-refractivity contribution >= 4 is 34.1 Å². The molecule has 1 aliphatic rings. The Morgan fingerprint density at radius 1 is 1.38 bits per heavy atom. The maximum Gasteiger partial charge on any atom is 0.324 e. The molecule has 1 aliphatic heterocycles. The van der Waals surface area contributed by atoms with Crippen LogP contribution >= 0.6 is 11.3 Å². The summed E-state index contributed by atoms with van der Waals surface area (Å²) >= 11 is 1.33. The predicted octanol–water partition coefficient (Wildman–Crippen LogP) is 2.94. The van der Waals surface area contributed by atoms with Crippen molar-refractivity contribution < 1.29 is 14.0 Å². The third kappa shape index (κ3) is 3.38. The van der Waals surface area contributed by atoms with Crippen molar-refractivity contribution in [2.45, 2.75) is 18.9 Å². The van der Waals surface area contributed by atoms with Gasteiger partial charge in [-0.05, 0) is 37.1 Å². The monoisotopic (exact) mass is 348 g/mol. The molecule has 1 aromatic carbocycles. The van der Waals surface area contributed by atoms with E-state index in [1.165, 1.54) is 40.5 Å². The lowest BCUT2D eigenvalue weighted by Gasteiger charge is -2.28. The highest BCUT2D eigenvalue weighted by atomic mass is 32.1. The van der Waals surface area contributed by atoms with Crippen LogP contribution in [0.5, 0.6) is 0 Å². The second-order valence-corrected chi connectivity index (χ2v) is 6.39. The highest BCUT2D eigenvalue weighted by Gasteiger charge is 2.36. The Hall–Kier alpha value is -2.48. The second kappa shape index (κ2) is 6.96. The molecule has 8 heteroatoms. The van der Waals surface area contributed by atoms with Gasteiger partial charge in [0, 0.05) is 30.9 Å². The molecule has 0 unspecified atom stereocenters. The zero-order valence-corrected chi connectivity index (χ0v) is 13.9. The third-order valence-corrected chi connectivity index (χ3v) is 4.65. The number of carbonyl (C=O) groups is 2. The van der Waals surface area contributed by atoms with E-state index in [4.69, 9.17) is 0 Å². The minimum atomic E-state index is -0.524. The van der Waals surface area contributed by atoms with Gasteiger partial charge in [0.25, 0.3) is 0 Å². The molecule has 1 N–H and O–H groups in total. The maximum atomic E-state index is 13.0. The average Bonchev–Trinajstić information content (AvgIpc) is 3.25. The highest BCUT2D eigenvalue weighted by Crippen LogP contribution is 2.23. The zero-order valence-electron chi connectivity index (χ0n) is 13.1. The van der Waals surface area contributed by atoms with Crippen molar-refractivity contribution in [1.82, 2.24) is 9.88 Å². The van der Waals surface area contributed by atoms with Crippen molar-refractivity contribution in [2.75, 3.05) is 23.8 Å². The molecule has 1 atom stereocenters. The van der Waals surface area contributed by atoms with Gasteiger partial charge < -0.3 is 10.2 Å². The molecular weight excluding hydrogens is 331 g/mol. The fraction of sp³-hybridized carbons (Fsp3) is 0.312. The lowest BCUT2D eigenvalue weighted by atomic mass is 10.2. The van der Waals surface area contributed by atoms with E-state index < -0.39 is 6.04 Å². The van der Waals surface area contributed by atoms with E-state index in [-0.39, 0.29) is 17.8 Å². The number of thiazole rings is 1. The smallest absolute Gasteiger partial charge is 0.312 e. The van der Waals surface area contributed by atoms with Gasteiger partial charge in [0.05, 0.1) is 0 Å². The number of aromatic nitrogens is 1. The Bertz CT molecular complexity index is 720. The summed E-state index contributed by atoms with van der Waals surface area (Å²) < 4.78 is 13.0. The SMILES string of the molecule is CN(C(=O)N1CCC[C@@H]1C(=O)Nc1nccs1)c1ccc(F)cc1. The first kappa shape index (κ1) is 16.4. The van der Waals surface area contributed by atoms with E-state index in [0.717, 1.165) is 6.42 Å². The summed E-state index contributed by atoms with van der Waals surface area (Å²) in [6, 6.07) is 4.87. The molecular formula is C16H17FN4O2S. The normalized spacial score (nSPS) is 16.9. The van der Waals surface area contributed by atoms with Crippen LogP contribution in [0.2, 0.25) is 0 Å². The molecule has 0 radical (unpaired) electrons. The van der Waals surface area contributed by atoms with Crippen molar-refractivity contribution in [2.24, 2.45) is 0 Å². The Kier molecular flexibility index (Phi) is 4.75. The van der Waals surface area contributed by atoms with Crippen molar-refractivity contribution in [1.29, 1.82) is 0 Å². The molecule has 24 heavy (non-hydrogen) atoms. The topological polar surface area (TPSA) is 65.5 Å². The van der Waals surface area contributed by atoms with Gasteiger partial charge in [-0.2, -0.15) is 0 Å². The first-order chi connectivity index (χ1) is 11.6. The van der Waals surface area contributed by atoms with E-state index in [0.29, 0.717) is 23.8 Å². The van der Waals surface area contributed by atoms with Gasteiger partial charge in [-0.15, -0.1) is 11.3 Å². The molecule has 0 aliphatic carbocycles. The predicted molar refractivity (Wildman–Crippen MR) is 90.7 cm³/mol. The number of benzene rings is 1. The van der Waals surface area contributed by atoms with Crippen molar-refractivity contribution in [3.8, 4) is 0 Å². The van der Waals surface area contributed by atoms with Crippen LogP contribution < -0.4 is 10.2 Å². The highest BCUT2D eigenvalue weighted by molar-refractivity contribution is 7.13. The summed E-state index contributed by atoms with van der Waals surface area (Å²) in [4.78, 5) is 32.1. The summed E-state index contributed by atoms with van der Waals surface area (Å²) in [5.41, 5.74) is 0.576. The molecule has 2 heterocycles. The van der Waals surface area contributed by atoms with Crippen LogP contribution in [-0.2, 0) is 4.79 Å². The van der Waals surface area contributed by atoms with Crippen LogP contribution in [0.25, 0.3) is 0 Å². The summed E-state index contributed by atoms with van der Waals surface area (Å²) in [6.07, 6.45) is 2.99. The number of hydrogen-bond donors (Lipinski definition) is 1. The largest absolute Gasteiger partial charge is 0.324 e. The fourth-order valence-electron chi connectivity index (χ4n) is 2.71. The molecule has 0 spiro atoms. The lowest BCUT2D eigenvalue weighted by molar-refractivity contribution is -0.119. The minimum Gasteiger partial charge on any atom is -0.312 e. The second-order valence-electron chi connectivity index (χ2n) is 5.50. The molecule has 1 fully saturated rings. The van der Waals surface area contributed by atoms with Gasteiger partial charge in [0.1, 0.15) is 11.9 Å². The van der Waals surface area contributed by atoms with E-state index in [9.17, 15) is 14.0 Å². The number of urea groups is 1. The number of hydrogen-bond acceptors (Lipinski definition) is 4. The molecule has 2 aromatic rings. The number of rotatable bonds is 3. The van der Waals surface area contributed by atoms with Crippen LogP contribution in [0.1, 0.15) is 12.8 Å². The third-order valence-electron chi connectivity index (χ3n) is 3.96. The molecule has 1 aromatic heterocycles. The molecule has 3 amide bonds. The number of halogens is 1. The van der Waals surface area contributed by atoms with Gasteiger partial charge in [-0.25, -0.2) is 14.2 Å². The van der Waals surface area contributed by atoms with Crippen LogP contribution in [0.15, 0.2) is 35.8 Å². The van der Waals surface area contributed by atoms with E-state index in [1.54, 1.807) is 23.5 Å². The quantitative estimate of drug-likeness (QED) is 0.927. The lowest BCUT2D eigenvalue weighted by Crippen LogP contribution is -2.48. The maximum absolute atomic E-state index is 13.0.